The minimum Gasteiger partial charge on any atom is -0.493 e. The quantitative estimate of drug-likeness (QED) is 0.0710. The molecule has 0 bridgehead atoms. The zero-order valence-corrected chi connectivity index (χ0v) is 23.3. The van der Waals surface area contributed by atoms with E-state index in [2.05, 4.69) is 52.7 Å². The maximum Gasteiger partial charge on any atom is 0.313 e. The van der Waals surface area contributed by atoms with E-state index in [0.29, 0.717) is 29.6 Å². The molecule has 1 unspecified atom stereocenters. The molecule has 2 rings (SSSR count). The Kier molecular flexibility index (Phi) is 11.5. The normalized spacial score (nSPS) is 11.6. The van der Waals surface area contributed by atoms with Crippen LogP contribution in [0.3, 0.4) is 0 Å². The Hall–Kier alpha value is -3.49. The van der Waals surface area contributed by atoms with Crippen molar-refractivity contribution in [3.63, 3.8) is 0 Å². The number of hydrogen-bond donors (Lipinski definition) is 2. The second kappa shape index (κ2) is 14.3. The Morgan fingerprint density at radius 2 is 1.84 bits per heavy atom. The van der Waals surface area contributed by atoms with E-state index >= 15 is 0 Å². The van der Waals surface area contributed by atoms with Gasteiger partial charge in [-0.15, -0.1) is 0 Å². The summed E-state index contributed by atoms with van der Waals surface area (Å²) in [5.41, 5.74) is 12.3. The molecule has 0 saturated carbocycles. The van der Waals surface area contributed by atoms with Crippen molar-refractivity contribution in [1.29, 1.82) is 0 Å². The molecule has 9 nitrogen and oxygen atoms in total. The van der Waals surface area contributed by atoms with Crippen LogP contribution in [-0.4, -0.2) is 37.6 Å². The summed E-state index contributed by atoms with van der Waals surface area (Å²) in [6.45, 7) is 10.6. The topological polar surface area (TPSA) is 118 Å². The van der Waals surface area contributed by atoms with Crippen LogP contribution in [0, 0.1) is 19.3 Å². The minimum atomic E-state index is -0.628. The minimum absolute atomic E-state index is 0.230. The van der Waals surface area contributed by atoms with Crippen molar-refractivity contribution in [2.45, 2.75) is 60.2 Å². The molecule has 0 aromatic heterocycles. The summed E-state index contributed by atoms with van der Waals surface area (Å²) < 4.78 is 16.8. The van der Waals surface area contributed by atoms with Crippen LogP contribution in [0.25, 0.3) is 10.4 Å². The number of hydrogen-bond acceptors (Lipinski definition) is 6. The van der Waals surface area contributed by atoms with E-state index in [1.54, 1.807) is 13.2 Å². The van der Waals surface area contributed by atoms with E-state index in [1.165, 1.54) is 16.7 Å². The lowest BCUT2D eigenvalue weighted by Crippen LogP contribution is -2.45. The van der Waals surface area contributed by atoms with E-state index in [1.807, 2.05) is 32.9 Å². The van der Waals surface area contributed by atoms with Gasteiger partial charge < -0.3 is 24.8 Å². The Balaban J connectivity index is 2.00. The smallest absolute Gasteiger partial charge is 0.313 e. The highest BCUT2D eigenvalue weighted by Crippen LogP contribution is 2.28. The molecule has 2 N–H and O–H groups in total. The van der Waals surface area contributed by atoms with Crippen molar-refractivity contribution in [3.8, 4) is 11.5 Å². The van der Waals surface area contributed by atoms with E-state index in [0.717, 1.165) is 12.0 Å². The lowest BCUT2D eigenvalue weighted by molar-refractivity contribution is -0.159. The van der Waals surface area contributed by atoms with Crippen LogP contribution >= 0.6 is 12.2 Å². The number of carbonyl (C=O) groups is 1. The van der Waals surface area contributed by atoms with Crippen LogP contribution in [0.5, 0.6) is 11.5 Å². The second-order valence-electron chi connectivity index (χ2n) is 9.72. The predicted octanol–water partition coefficient (Wildman–Crippen LogP) is 5.51. The maximum atomic E-state index is 12.6. The maximum absolute atomic E-state index is 12.6. The van der Waals surface area contributed by atoms with Gasteiger partial charge in [0.05, 0.1) is 25.7 Å². The molecule has 200 valence electrons. The van der Waals surface area contributed by atoms with Crippen LogP contribution < -0.4 is 20.1 Å². The number of benzene rings is 2. The molecule has 2 aromatic carbocycles. The molecule has 0 fully saturated rings. The lowest BCUT2D eigenvalue weighted by atomic mass is 9.97. The van der Waals surface area contributed by atoms with Gasteiger partial charge in [0, 0.05) is 17.9 Å². The molecular weight excluding hydrogens is 490 g/mol. The van der Waals surface area contributed by atoms with Gasteiger partial charge in [-0.05, 0) is 93.2 Å². The summed E-state index contributed by atoms with van der Waals surface area (Å²) in [7, 11) is 1.56. The first kappa shape index (κ1) is 29.7. The number of methoxy groups -OCH3 is 1. The molecule has 10 heteroatoms. The highest BCUT2D eigenvalue weighted by atomic mass is 32.1. The Labute approximate surface area is 224 Å². The van der Waals surface area contributed by atoms with Gasteiger partial charge in [-0.2, -0.15) is 0 Å². The third kappa shape index (κ3) is 10.2. The predicted molar refractivity (Wildman–Crippen MR) is 149 cm³/mol. The largest absolute Gasteiger partial charge is 0.493 e. The summed E-state index contributed by atoms with van der Waals surface area (Å²) in [4.78, 5) is 15.3. The number of esters is 1. The zero-order valence-electron chi connectivity index (χ0n) is 22.5. The molecular formula is C27H37N5O4S. The molecule has 0 heterocycles. The van der Waals surface area contributed by atoms with Crippen molar-refractivity contribution in [3.05, 3.63) is 69.1 Å². The molecule has 37 heavy (non-hydrogen) atoms. The molecule has 0 aliphatic rings. The van der Waals surface area contributed by atoms with Crippen molar-refractivity contribution in [2.24, 2.45) is 10.5 Å². The molecule has 1 atom stereocenters. The van der Waals surface area contributed by atoms with Gasteiger partial charge in [-0.25, -0.2) is 0 Å². The first-order valence-corrected chi connectivity index (χ1v) is 12.6. The number of nitrogens with zero attached hydrogens (tertiary/aromatic N) is 3. The Morgan fingerprint density at radius 1 is 1.11 bits per heavy atom. The molecule has 0 aliphatic heterocycles. The highest BCUT2D eigenvalue weighted by Gasteiger charge is 2.26. The van der Waals surface area contributed by atoms with Crippen LogP contribution in [0.1, 0.15) is 49.4 Å². The second-order valence-corrected chi connectivity index (χ2v) is 10.1. The van der Waals surface area contributed by atoms with Gasteiger partial charge in [0.1, 0.15) is 0 Å². The number of thiocarbonyl (C=S) groups is 1. The third-order valence-electron chi connectivity index (χ3n) is 5.61. The van der Waals surface area contributed by atoms with E-state index in [9.17, 15) is 4.79 Å². The van der Waals surface area contributed by atoms with E-state index in [-0.39, 0.29) is 19.1 Å². The molecule has 0 radical (unpaired) electrons. The summed E-state index contributed by atoms with van der Waals surface area (Å²) in [6, 6.07) is 11.9. The van der Waals surface area contributed by atoms with Crippen LogP contribution in [0.4, 0.5) is 0 Å². The zero-order chi connectivity index (χ0) is 27.4. The first-order valence-electron chi connectivity index (χ1n) is 12.2. The molecule has 0 aliphatic carbocycles. The fraction of sp³-hybridized carbons (Fsp3) is 0.481. The standard InChI is InChI=1S/C27H37N5O4S/c1-18-7-8-20(15-19(18)2)10-12-24(36-25(33)27(3,4)5)31-26(37)29-17-21-9-11-22(23(16-21)34-6)35-14-13-30-32-28/h7-9,11,15-16,24H,10,12-14,17H2,1-6H3,(H2,29,31,37). The van der Waals surface area contributed by atoms with Gasteiger partial charge >= 0.3 is 5.97 Å². The van der Waals surface area contributed by atoms with Crippen molar-refractivity contribution < 1.29 is 19.0 Å². The van der Waals surface area contributed by atoms with Crippen LogP contribution in [0.2, 0.25) is 0 Å². The summed E-state index contributed by atoms with van der Waals surface area (Å²) >= 11 is 5.50. The SMILES string of the molecule is COc1cc(CNC(=S)NC(CCc2ccc(C)c(C)c2)OC(=O)C(C)(C)C)ccc1OCCN=[N+]=[N-]. The summed E-state index contributed by atoms with van der Waals surface area (Å²) in [5, 5.41) is 10.1. The molecule has 0 spiro atoms. The van der Waals surface area contributed by atoms with Crippen LogP contribution in [0.15, 0.2) is 41.5 Å². The highest BCUT2D eigenvalue weighted by molar-refractivity contribution is 7.80. The van der Waals surface area contributed by atoms with Gasteiger partial charge in [0.15, 0.2) is 22.8 Å². The fourth-order valence-corrected chi connectivity index (χ4v) is 3.49. The van der Waals surface area contributed by atoms with Crippen molar-refractivity contribution in [2.75, 3.05) is 20.3 Å². The van der Waals surface area contributed by atoms with Gasteiger partial charge in [0.25, 0.3) is 0 Å². The molecule has 0 saturated heterocycles. The number of azide groups is 1. The van der Waals surface area contributed by atoms with Crippen molar-refractivity contribution >= 4 is 23.3 Å². The third-order valence-corrected chi connectivity index (χ3v) is 5.88. The number of rotatable bonds is 12. The van der Waals surface area contributed by atoms with Gasteiger partial charge in [-0.1, -0.05) is 29.4 Å². The molecule has 0 amide bonds. The number of aryl methyl sites for hydroxylation is 3. The van der Waals surface area contributed by atoms with E-state index in [4.69, 9.17) is 32.0 Å². The number of carbonyl (C=O) groups excluding carboxylic acids is 1. The monoisotopic (exact) mass is 527 g/mol. The first-order chi connectivity index (χ1) is 17.5. The fourth-order valence-electron chi connectivity index (χ4n) is 3.29. The van der Waals surface area contributed by atoms with E-state index < -0.39 is 11.6 Å². The van der Waals surface area contributed by atoms with Crippen LogP contribution in [-0.2, 0) is 22.5 Å². The van der Waals surface area contributed by atoms with Gasteiger partial charge in [0.2, 0.25) is 0 Å². The lowest BCUT2D eigenvalue weighted by Gasteiger charge is -2.25. The molecule has 2 aromatic rings. The average molecular weight is 528 g/mol. The number of ether oxygens (including phenoxy) is 3. The average Bonchev–Trinajstić information content (AvgIpc) is 2.85. The summed E-state index contributed by atoms with van der Waals surface area (Å²) in [5.74, 6) is 0.818. The Bertz CT molecular complexity index is 1130. The summed E-state index contributed by atoms with van der Waals surface area (Å²) in [6.07, 6.45) is 0.730. The van der Waals surface area contributed by atoms with Gasteiger partial charge in [-0.3, -0.25) is 4.79 Å². The van der Waals surface area contributed by atoms with Crippen molar-refractivity contribution in [1.82, 2.24) is 10.6 Å². The number of nitrogens with one attached hydrogen (secondary N) is 2. The Morgan fingerprint density at radius 3 is 2.49 bits per heavy atom.